The van der Waals surface area contributed by atoms with E-state index in [2.05, 4.69) is 20.6 Å². The molecule has 28 heavy (non-hydrogen) atoms. The van der Waals surface area contributed by atoms with Gasteiger partial charge in [0.15, 0.2) is 0 Å². The molecule has 2 N–H and O–H groups in total. The number of amides is 1. The number of aromatic nitrogens is 2. The number of nitrogens with one attached hydrogen (secondary N) is 2. The fraction of sp³-hybridized carbons (Fsp3) is 0.190. The Bertz CT molecular complexity index is 944. The predicted molar refractivity (Wildman–Crippen MR) is 103 cm³/mol. The number of carbonyl (C=O) groups is 1. The van der Waals surface area contributed by atoms with Crippen LogP contribution in [-0.4, -0.2) is 22.4 Å². The van der Waals surface area contributed by atoms with Gasteiger partial charge in [-0.05, 0) is 48.7 Å². The van der Waals surface area contributed by atoms with Gasteiger partial charge in [0.2, 0.25) is 0 Å². The molecule has 0 fully saturated rings. The molecule has 3 aromatic rings. The molecule has 0 aliphatic heterocycles. The lowest BCUT2D eigenvalue weighted by atomic mass is 10.1. The van der Waals surface area contributed by atoms with Crippen LogP contribution in [0.4, 0.5) is 14.6 Å². The molecule has 0 spiro atoms. The summed E-state index contributed by atoms with van der Waals surface area (Å²) in [6, 6.07) is 13.8. The molecular formula is C21H20F2N4O. The number of benzene rings is 2. The Morgan fingerprint density at radius 2 is 1.54 bits per heavy atom. The number of halogens is 2. The lowest BCUT2D eigenvalue weighted by Crippen LogP contribution is -2.24. The molecule has 1 heterocycles. The van der Waals surface area contributed by atoms with Gasteiger partial charge in [-0.2, -0.15) is 0 Å². The standard InChI is InChI=1S/C21H20F2N4O/c1-14-26-19(21(28)25-13-16-4-8-18(23)9-5-16)12-20(27-14)24-11-10-15-2-6-17(22)7-3-15/h2-9,12H,10-11,13H2,1H3,(H,25,28)(H,24,26,27). The maximum Gasteiger partial charge on any atom is 0.270 e. The van der Waals surface area contributed by atoms with Crippen LogP contribution >= 0.6 is 0 Å². The van der Waals surface area contributed by atoms with Crippen molar-refractivity contribution in [2.45, 2.75) is 19.9 Å². The lowest BCUT2D eigenvalue weighted by molar-refractivity contribution is 0.0945. The molecule has 0 saturated heterocycles. The molecule has 0 aliphatic carbocycles. The first-order valence-electron chi connectivity index (χ1n) is 8.86. The van der Waals surface area contributed by atoms with Crippen molar-refractivity contribution < 1.29 is 13.6 Å². The maximum atomic E-state index is 12.9. The normalized spacial score (nSPS) is 10.5. The van der Waals surface area contributed by atoms with Gasteiger partial charge in [-0.1, -0.05) is 24.3 Å². The zero-order valence-electron chi connectivity index (χ0n) is 15.4. The van der Waals surface area contributed by atoms with Crippen LogP contribution in [0, 0.1) is 18.6 Å². The molecule has 2 aromatic carbocycles. The Kier molecular flexibility index (Phi) is 6.26. The molecule has 0 atom stereocenters. The van der Waals surface area contributed by atoms with Crippen LogP contribution in [0.5, 0.6) is 0 Å². The van der Waals surface area contributed by atoms with Crippen molar-refractivity contribution in [2.75, 3.05) is 11.9 Å². The Morgan fingerprint density at radius 1 is 0.929 bits per heavy atom. The van der Waals surface area contributed by atoms with Gasteiger partial charge in [0.05, 0.1) is 0 Å². The average molecular weight is 382 g/mol. The van der Waals surface area contributed by atoms with Gasteiger partial charge in [0.1, 0.15) is 29.0 Å². The zero-order valence-corrected chi connectivity index (χ0v) is 15.4. The first-order valence-corrected chi connectivity index (χ1v) is 8.86. The summed E-state index contributed by atoms with van der Waals surface area (Å²) in [6.45, 7) is 2.57. The highest BCUT2D eigenvalue weighted by Crippen LogP contribution is 2.09. The third-order valence-electron chi connectivity index (χ3n) is 4.07. The Hall–Kier alpha value is -3.35. The van der Waals surface area contributed by atoms with Gasteiger partial charge in [-0.3, -0.25) is 4.79 Å². The number of anilines is 1. The van der Waals surface area contributed by atoms with Crippen molar-refractivity contribution in [1.29, 1.82) is 0 Å². The van der Waals surface area contributed by atoms with Crippen LogP contribution < -0.4 is 10.6 Å². The second-order valence-electron chi connectivity index (χ2n) is 6.30. The summed E-state index contributed by atoms with van der Waals surface area (Å²) in [6.07, 6.45) is 0.690. The largest absolute Gasteiger partial charge is 0.370 e. The summed E-state index contributed by atoms with van der Waals surface area (Å²) in [4.78, 5) is 20.8. The van der Waals surface area contributed by atoms with Crippen molar-refractivity contribution in [3.05, 3.63) is 88.9 Å². The summed E-state index contributed by atoms with van der Waals surface area (Å²) < 4.78 is 25.9. The minimum atomic E-state index is -0.337. The van der Waals surface area contributed by atoms with E-state index in [9.17, 15) is 13.6 Å². The molecule has 0 unspecified atom stereocenters. The van der Waals surface area contributed by atoms with Crippen LogP contribution in [0.1, 0.15) is 27.4 Å². The first kappa shape index (κ1) is 19.4. The molecule has 7 heteroatoms. The molecule has 0 bridgehead atoms. The Balaban J connectivity index is 1.57. The van der Waals surface area contributed by atoms with E-state index in [0.717, 1.165) is 11.1 Å². The highest BCUT2D eigenvalue weighted by Gasteiger charge is 2.10. The number of hydrogen-bond acceptors (Lipinski definition) is 4. The summed E-state index contributed by atoms with van der Waals surface area (Å²) >= 11 is 0. The van der Waals surface area contributed by atoms with E-state index in [1.807, 2.05) is 0 Å². The fourth-order valence-corrected chi connectivity index (χ4v) is 2.64. The molecule has 3 rings (SSSR count). The SMILES string of the molecule is Cc1nc(NCCc2ccc(F)cc2)cc(C(=O)NCc2ccc(F)cc2)n1. The van der Waals surface area contributed by atoms with Crippen LogP contribution in [-0.2, 0) is 13.0 Å². The van der Waals surface area contributed by atoms with Crippen molar-refractivity contribution in [1.82, 2.24) is 15.3 Å². The van der Waals surface area contributed by atoms with Gasteiger partial charge in [0.25, 0.3) is 5.91 Å². The van der Waals surface area contributed by atoms with E-state index in [1.54, 1.807) is 37.3 Å². The number of hydrogen-bond donors (Lipinski definition) is 2. The number of aryl methyl sites for hydroxylation is 1. The molecule has 1 amide bonds. The van der Waals surface area contributed by atoms with Crippen molar-refractivity contribution in [3.63, 3.8) is 0 Å². The second kappa shape index (κ2) is 9.03. The van der Waals surface area contributed by atoms with Crippen LogP contribution in [0.15, 0.2) is 54.6 Å². The third-order valence-corrected chi connectivity index (χ3v) is 4.07. The Morgan fingerprint density at radius 3 is 2.18 bits per heavy atom. The van der Waals surface area contributed by atoms with Gasteiger partial charge in [-0.15, -0.1) is 0 Å². The summed E-state index contributed by atoms with van der Waals surface area (Å²) in [5.41, 5.74) is 2.04. The molecule has 0 radical (unpaired) electrons. The van der Waals surface area contributed by atoms with Crippen molar-refractivity contribution >= 4 is 11.7 Å². The maximum absolute atomic E-state index is 12.9. The van der Waals surface area contributed by atoms with Crippen LogP contribution in [0.3, 0.4) is 0 Å². The van der Waals surface area contributed by atoms with Gasteiger partial charge >= 0.3 is 0 Å². The first-order chi connectivity index (χ1) is 13.5. The van der Waals surface area contributed by atoms with Crippen molar-refractivity contribution in [2.24, 2.45) is 0 Å². The number of rotatable bonds is 7. The third kappa shape index (κ3) is 5.57. The summed E-state index contributed by atoms with van der Waals surface area (Å²) in [7, 11) is 0. The minimum Gasteiger partial charge on any atom is -0.370 e. The fourth-order valence-electron chi connectivity index (χ4n) is 2.64. The minimum absolute atomic E-state index is 0.249. The zero-order chi connectivity index (χ0) is 19.9. The highest BCUT2D eigenvalue weighted by molar-refractivity contribution is 5.92. The highest BCUT2D eigenvalue weighted by atomic mass is 19.1. The van der Waals surface area contributed by atoms with Gasteiger partial charge in [-0.25, -0.2) is 18.7 Å². The van der Waals surface area contributed by atoms with Crippen LogP contribution in [0.2, 0.25) is 0 Å². The van der Waals surface area contributed by atoms with Gasteiger partial charge in [0, 0.05) is 19.2 Å². The number of carbonyl (C=O) groups excluding carboxylic acids is 1. The van der Waals surface area contributed by atoms with E-state index in [1.165, 1.54) is 24.3 Å². The average Bonchev–Trinajstić information content (AvgIpc) is 2.68. The van der Waals surface area contributed by atoms with Gasteiger partial charge < -0.3 is 10.6 Å². The molecule has 1 aromatic heterocycles. The van der Waals surface area contributed by atoms with E-state index in [4.69, 9.17) is 0 Å². The van der Waals surface area contributed by atoms with E-state index < -0.39 is 0 Å². The molecule has 144 valence electrons. The number of nitrogens with zero attached hydrogens (tertiary/aromatic N) is 2. The second-order valence-corrected chi connectivity index (χ2v) is 6.30. The Labute approximate surface area is 161 Å². The van der Waals surface area contributed by atoms with Crippen molar-refractivity contribution in [3.8, 4) is 0 Å². The van der Waals surface area contributed by atoms with E-state index in [-0.39, 0.29) is 29.8 Å². The molecule has 0 aliphatic rings. The topological polar surface area (TPSA) is 66.9 Å². The monoisotopic (exact) mass is 382 g/mol. The summed E-state index contributed by atoms with van der Waals surface area (Å²) in [5.74, 6) is 0.0916. The van der Waals surface area contributed by atoms with Crippen LogP contribution in [0.25, 0.3) is 0 Å². The molecular weight excluding hydrogens is 362 g/mol. The van der Waals surface area contributed by atoms with E-state index in [0.29, 0.717) is 24.6 Å². The lowest BCUT2D eigenvalue weighted by Gasteiger charge is -2.09. The smallest absolute Gasteiger partial charge is 0.270 e. The quantitative estimate of drug-likeness (QED) is 0.655. The molecule has 0 saturated carbocycles. The van der Waals surface area contributed by atoms with E-state index >= 15 is 0 Å². The summed E-state index contributed by atoms with van der Waals surface area (Å²) in [5, 5.41) is 5.92. The molecule has 5 nitrogen and oxygen atoms in total. The predicted octanol–water partition coefficient (Wildman–Crippen LogP) is 3.65.